The molecule has 1 rings (SSSR count). The Balaban J connectivity index is 0.00000225. The number of hydrogen-bond acceptors (Lipinski definition) is 1. The Morgan fingerprint density at radius 1 is 1.31 bits per heavy atom. The van der Waals surface area contributed by atoms with Gasteiger partial charge in [0.2, 0.25) is 0 Å². The molecule has 1 atom stereocenters. The van der Waals surface area contributed by atoms with Gasteiger partial charge in [0.15, 0.2) is 0 Å². The van der Waals surface area contributed by atoms with Gasteiger partial charge in [-0.2, -0.15) is 0 Å². The van der Waals surface area contributed by atoms with Crippen LogP contribution in [-0.2, 0) is 0 Å². The zero-order valence-corrected chi connectivity index (χ0v) is 11.4. The van der Waals surface area contributed by atoms with Gasteiger partial charge in [-0.25, -0.2) is 8.78 Å². The fourth-order valence-electron chi connectivity index (χ4n) is 1.48. The van der Waals surface area contributed by atoms with Gasteiger partial charge in [0.1, 0.15) is 11.6 Å². The molecule has 0 aliphatic rings. The van der Waals surface area contributed by atoms with E-state index in [1.807, 2.05) is 6.92 Å². The highest BCUT2D eigenvalue weighted by molar-refractivity contribution is 9.10. The van der Waals surface area contributed by atoms with E-state index in [2.05, 4.69) is 15.9 Å². The van der Waals surface area contributed by atoms with Crippen molar-refractivity contribution in [2.75, 3.05) is 0 Å². The minimum absolute atomic E-state index is 0. The van der Waals surface area contributed by atoms with Gasteiger partial charge < -0.3 is 5.73 Å². The fourth-order valence-corrected chi connectivity index (χ4v) is 1.88. The maximum Gasteiger partial charge on any atom is 0.132 e. The summed E-state index contributed by atoms with van der Waals surface area (Å²) in [6.07, 6.45) is 2.44. The van der Waals surface area contributed by atoms with E-state index in [4.69, 9.17) is 5.73 Å². The average Bonchev–Trinajstić information content (AvgIpc) is 2.12. The quantitative estimate of drug-likeness (QED) is 0.879. The van der Waals surface area contributed by atoms with Gasteiger partial charge in [-0.15, -0.1) is 12.4 Å². The molecule has 92 valence electrons. The topological polar surface area (TPSA) is 26.0 Å². The van der Waals surface area contributed by atoms with Crippen molar-refractivity contribution in [3.05, 3.63) is 33.8 Å². The Morgan fingerprint density at radius 3 is 2.25 bits per heavy atom. The van der Waals surface area contributed by atoms with E-state index in [9.17, 15) is 8.78 Å². The largest absolute Gasteiger partial charge is 0.324 e. The van der Waals surface area contributed by atoms with E-state index in [0.29, 0.717) is 10.9 Å². The Hall–Kier alpha value is -0.190. The van der Waals surface area contributed by atoms with E-state index in [1.165, 1.54) is 12.1 Å². The number of rotatable bonds is 4. The lowest BCUT2D eigenvalue weighted by molar-refractivity contribution is 0.501. The van der Waals surface area contributed by atoms with Crippen molar-refractivity contribution >= 4 is 28.3 Å². The molecule has 0 aromatic heterocycles. The molecule has 1 nitrogen and oxygen atoms in total. The molecular formula is C11H15BrClF2N. The molecule has 0 fully saturated rings. The molecule has 16 heavy (non-hydrogen) atoms. The molecule has 5 heteroatoms. The van der Waals surface area contributed by atoms with Gasteiger partial charge in [-0.05, 0) is 18.6 Å². The van der Waals surface area contributed by atoms with Crippen LogP contribution >= 0.6 is 28.3 Å². The first kappa shape index (κ1) is 15.8. The van der Waals surface area contributed by atoms with E-state index in [1.54, 1.807) is 0 Å². The van der Waals surface area contributed by atoms with Gasteiger partial charge >= 0.3 is 0 Å². The standard InChI is InChI=1S/C11H14BrF2N.ClH/c1-2-3-4-10(15)11-8(13)5-7(12)6-9(11)14;/h5-6,10H,2-4,15H2,1H3;1H/t10-;/m1./s1. The Morgan fingerprint density at radius 2 is 1.81 bits per heavy atom. The molecule has 0 saturated heterocycles. The number of benzene rings is 1. The SMILES string of the molecule is CCCC[C@@H](N)c1c(F)cc(Br)cc1F.Cl. The normalized spacial score (nSPS) is 12.1. The summed E-state index contributed by atoms with van der Waals surface area (Å²) >= 11 is 3.03. The smallest absolute Gasteiger partial charge is 0.132 e. The number of halogens is 4. The summed E-state index contributed by atoms with van der Waals surface area (Å²) in [6.45, 7) is 2.01. The third-order valence-electron chi connectivity index (χ3n) is 2.28. The predicted octanol–water partition coefficient (Wildman–Crippen LogP) is 4.34. The van der Waals surface area contributed by atoms with Crippen LogP contribution in [0.2, 0.25) is 0 Å². The average molecular weight is 315 g/mol. The van der Waals surface area contributed by atoms with Crippen LogP contribution in [0, 0.1) is 11.6 Å². The van der Waals surface area contributed by atoms with Crippen LogP contribution < -0.4 is 5.73 Å². The Bertz CT molecular complexity index is 324. The second kappa shape index (κ2) is 7.20. The van der Waals surface area contributed by atoms with Crippen LogP contribution in [0.25, 0.3) is 0 Å². The fraction of sp³-hybridized carbons (Fsp3) is 0.455. The molecule has 0 spiro atoms. The summed E-state index contributed by atoms with van der Waals surface area (Å²) in [5.41, 5.74) is 5.73. The summed E-state index contributed by atoms with van der Waals surface area (Å²) in [6, 6.07) is 1.92. The molecule has 0 unspecified atom stereocenters. The van der Waals surface area contributed by atoms with Gasteiger partial charge in [0.05, 0.1) is 0 Å². The van der Waals surface area contributed by atoms with Gasteiger partial charge in [-0.3, -0.25) is 0 Å². The van der Waals surface area contributed by atoms with Crippen molar-refractivity contribution < 1.29 is 8.78 Å². The molecule has 0 aliphatic heterocycles. The molecule has 0 saturated carbocycles. The zero-order chi connectivity index (χ0) is 11.4. The maximum absolute atomic E-state index is 13.4. The lowest BCUT2D eigenvalue weighted by atomic mass is 10.0. The predicted molar refractivity (Wildman–Crippen MR) is 67.8 cm³/mol. The molecule has 1 aromatic carbocycles. The third kappa shape index (κ3) is 4.00. The van der Waals surface area contributed by atoms with Crippen LogP contribution in [0.5, 0.6) is 0 Å². The second-order valence-electron chi connectivity index (χ2n) is 3.53. The van der Waals surface area contributed by atoms with Crippen LogP contribution in [0.15, 0.2) is 16.6 Å². The van der Waals surface area contributed by atoms with E-state index in [0.717, 1.165) is 12.8 Å². The van der Waals surface area contributed by atoms with Crippen LogP contribution in [0.4, 0.5) is 8.78 Å². The van der Waals surface area contributed by atoms with Crippen molar-refractivity contribution in [2.24, 2.45) is 5.73 Å². The first-order valence-electron chi connectivity index (χ1n) is 4.96. The summed E-state index contributed by atoms with van der Waals surface area (Å²) in [4.78, 5) is 0. The molecule has 0 radical (unpaired) electrons. The second-order valence-corrected chi connectivity index (χ2v) is 4.45. The zero-order valence-electron chi connectivity index (χ0n) is 8.97. The van der Waals surface area contributed by atoms with Crippen LogP contribution in [0.1, 0.15) is 37.8 Å². The van der Waals surface area contributed by atoms with Gasteiger partial charge in [0.25, 0.3) is 0 Å². The minimum Gasteiger partial charge on any atom is -0.324 e. The lowest BCUT2D eigenvalue weighted by Crippen LogP contribution is -2.14. The molecule has 0 bridgehead atoms. The van der Waals surface area contributed by atoms with E-state index >= 15 is 0 Å². The number of unbranched alkanes of at least 4 members (excludes halogenated alkanes) is 1. The van der Waals surface area contributed by atoms with Gasteiger partial charge in [-0.1, -0.05) is 35.7 Å². The third-order valence-corrected chi connectivity index (χ3v) is 2.74. The Kier molecular flexibility index (Phi) is 7.11. The monoisotopic (exact) mass is 313 g/mol. The van der Waals surface area contributed by atoms with E-state index < -0.39 is 17.7 Å². The number of nitrogens with two attached hydrogens (primary N) is 1. The highest BCUT2D eigenvalue weighted by Gasteiger charge is 2.16. The number of hydrogen-bond donors (Lipinski definition) is 1. The molecule has 2 N–H and O–H groups in total. The molecule has 1 aromatic rings. The lowest BCUT2D eigenvalue weighted by Gasteiger charge is -2.13. The summed E-state index contributed by atoms with van der Waals surface area (Å²) in [7, 11) is 0. The minimum atomic E-state index is -0.578. The highest BCUT2D eigenvalue weighted by atomic mass is 79.9. The van der Waals surface area contributed by atoms with Crippen molar-refractivity contribution in [3.63, 3.8) is 0 Å². The molecule has 0 heterocycles. The molecule has 0 amide bonds. The summed E-state index contributed by atoms with van der Waals surface area (Å²) < 4.78 is 27.3. The summed E-state index contributed by atoms with van der Waals surface area (Å²) in [5, 5.41) is 0. The Labute approximate surface area is 109 Å². The maximum atomic E-state index is 13.4. The highest BCUT2D eigenvalue weighted by Crippen LogP contribution is 2.26. The van der Waals surface area contributed by atoms with E-state index in [-0.39, 0.29) is 18.0 Å². The van der Waals surface area contributed by atoms with Crippen molar-refractivity contribution in [3.8, 4) is 0 Å². The van der Waals surface area contributed by atoms with Gasteiger partial charge in [0, 0.05) is 16.1 Å². The summed E-state index contributed by atoms with van der Waals surface area (Å²) in [5.74, 6) is -1.16. The van der Waals surface area contributed by atoms with Crippen molar-refractivity contribution in [2.45, 2.75) is 32.2 Å². The van der Waals surface area contributed by atoms with Crippen molar-refractivity contribution in [1.29, 1.82) is 0 Å². The molecular weight excluding hydrogens is 299 g/mol. The van der Waals surface area contributed by atoms with Crippen LogP contribution in [-0.4, -0.2) is 0 Å². The van der Waals surface area contributed by atoms with Crippen LogP contribution in [0.3, 0.4) is 0 Å². The molecule has 0 aliphatic carbocycles. The first-order chi connectivity index (χ1) is 7.06. The first-order valence-corrected chi connectivity index (χ1v) is 5.75. The van der Waals surface area contributed by atoms with Crippen molar-refractivity contribution in [1.82, 2.24) is 0 Å².